The van der Waals surface area contributed by atoms with Gasteiger partial charge in [0.15, 0.2) is 0 Å². The second-order valence-corrected chi connectivity index (χ2v) is 7.36. The SMILES string of the molecule is CC1CCN(C(=O)[C@@H]2CCCN(CCCc3cn[nH]c3)C2)CC1. The summed E-state index contributed by atoms with van der Waals surface area (Å²) in [6.07, 6.45) is 10.7. The molecule has 23 heavy (non-hydrogen) atoms. The van der Waals surface area contributed by atoms with Crippen molar-refractivity contribution in [2.75, 3.05) is 32.7 Å². The topological polar surface area (TPSA) is 52.2 Å². The smallest absolute Gasteiger partial charge is 0.226 e. The molecular formula is C18H30N4O. The summed E-state index contributed by atoms with van der Waals surface area (Å²) in [5, 5.41) is 6.86. The molecule has 0 spiro atoms. The maximum atomic E-state index is 12.8. The second-order valence-electron chi connectivity index (χ2n) is 7.36. The second kappa shape index (κ2) is 7.95. The molecular weight excluding hydrogens is 288 g/mol. The van der Waals surface area contributed by atoms with Gasteiger partial charge in [-0.2, -0.15) is 5.10 Å². The molecule has 0 radical (unpaired) electrons. The van der Waals surface area contributed by atoms with E-state index in [1.165, 1.54) is 18.4 Å². The number of hydrogen-bond donors (Lipinski definition) is 1. The first kappa shape index (κ1) is 16.5. The lowest BCUT2D eigenvalue weighted by molar-refractivity contribution is -0.138. The molecule has 5 heteroatoms. The van der Waals surface area contributed by atoms with Gasteiger partial charge in [-0.1, -0.05) is 6.92 Å². The van der Waals surface area contributed by atoms with Crippen LogP contribution in [0, 0.1) is 11.8 Å². The summed E-state index contributed by atoms with van der Waals surface area (Å²) in [5.41, 5.74) is 1.28. The van der Waals surface area contributed by atoms with Crippen LogP contribution in [0.3, 0.4) is 0 Å². The van der Waals surface area contributed by atoms with Gasteiger partial charge >= 0.3 is 0 Å². The molecule has 0 saturated carbocycles. The Morgan fingerprint density at radius 3 is 2.87 bits per heavy atom. The summed E-state index contributed by atoms with van der Waals surface area (Å²) in [4.78, 5) is 17.4. The third-order valence-electron chi connectivity index (χ3n) is 5.44. The van der Waals surface area contributed by atoms with E-state index in [2.05, 4.69) is 26.9 Å². The number of likely N-dealkylation sites (tertiary alicyclic amines) is 2. The minimum atomic E-state index is 0.228. The van der Waals surface area contributed by atoms with Gasteiger partial charge in [0.05, 0.1) is 12.1 Å². The van der Waals surface area contributed by atoms with Crippen LogP contribution in [-0.4, -0.2) is 58.6 Å². The molecule has 128 valence electrons. The van der Waals surface area contributed by atoms with E-state index in [1.807, 2.05) is 12.4 Å². The van der Waals surface area contributed by atoms with E-state index in [0.717, 1.165) is 64.3 Å². The lowest BCUT2D eigenvalue weighted by Crippen LogP contribution is -2.47. The van der Waals surface area contributed by atoms with Crippen molar-refractivity contribution in [1.82, 2.24) is 20.0 Å². The molecule has 2 aliphatic rings. The Kier molecular flexibility index (Phi) is 5.70. The van der Waals surface area contributed by atoms with Crippen LogP contribution >= 0.6 is 0 Å². The molecule has 0 aromatic carbocycles. The predicted octanol–water partition coefficient (Wildman–Crippen LogP) is 2.31. The van der Waals surface area contributed by atoms with Gasteiger partial charge in [-0.05, 0) is 63.1 Å². The van der Waals surface area contributed by atoms with Crippen LogP contribution in [-0.2, 0) is 11.2 Å². The monoisotopic (exact) mass is 318 g/mol. The lowest BCUT2D eigenvalue weighted by atomic mass is 9.93. The minimum absolute atomic E-state index is 0.228. The number of nitrogens with one attached hydrogen (secondary N) is 1. The molecule has 1 atom stereocenters. The Morgan fingerprint density at radius 2 is 2.13 bits per heavy atom. The fraction of sp³-hybridized carbons (Fsp3) is 0.778. The first-order chi connectivity index (χ1) is 11.2. The highest BCUT2D eigenvalue weighted by molar-refractivity contribution is 5.79. The van der Waals surface area contributed by atoms with Gasteiger partial charge in [0, 0.05) is 25.8 Å². The normalized spacial score (nSPS) is 24.0. The fourth-order valence-electron chi connectivity index (χ4n) is 3.87. The Balaban J connectivity index is 1.43. The molecule has 2 saturated heterocycles. The van der Waals surface area contributed by atoms with Crippen LogP contribution in [0.2, 0.25) is 0 Å². The standard InChI is InChI=1S/C18H30N4O/c1-15-6-10-22(11-7-15)18(23)17-5-3-9-21(14-17)8-2-4-16-12-19-20-13-16/h12-13,15,17H,2-11,14H2,1H3,(H,19,20)/t17-/m1/s1. The van der Waals surface area contributed by atoms with Crippen LogP contribution in [0.1, 0.15) is 44.6 Å². The highest BCUT2D eigenvalue weighted by Gasteiger charge is 2.30. The van der Waals surface area contributed by atoms with Crippen molar-refractivity contribution in [2.24, 2.45) is 11.8 Å². The highest BCUT2D eigenvalue weighted by atomic mass is 16.2. The molecule has 0 unspecified atom stereocenters. The van der Waals surface area contributed by atoms with Crippen molar-refractivity contribution in [3.05, 3.63) is 18.0 Å². The zero-order chi connectivity index (χ0) is 16.1. The summed E-state index contributed by atoms with van der Waals surface area (Å²) >= 11 is 0. The molecule has 3 rings (SSSR count). The average molecular weight is 318 g/mol. The molecule has 1 amide bonds. The van der Waals surface area contributed by atoms with Crippen LogP contribution in [0.15, 0.2) is 12.4 Å². The Hall–Kier alpha value is -1.36. The predicted molar refractivity (Wildman–Crippen MR) is 91.1 cm³/mol. The molecule has 3 heterocycles. The number of aromatic amines is 1. The molecule has 5 nitrogen and oxygen atoms in total. The molecule has 1 aromatic heterocycles. The number of amides is 1. The number of hydrogen-bond acceptors (Lipinski definition) is 3. The summed E-state index contributed by atoms with van der Waals surface area (Å²) in [5.74, 6) is 1.42. The number of carbonyl (C=O) groups excluding carboxylic acids is 1. The number of nitrogens with zero attached hydrogens (tertiary/aromatic N) is 3. The summed E-state index contributed by atoms with van der Waals surface area (Å²) in [6.45, 7) is 7.42. The minimum Gasteiger partial charge on any atom is -0.342 e. The number of aryl methyl sites for hydroxylation is 1. The molecule has 2 fully saturated rings. The number of aromatic nitrogens is 2. The van der Waals surface area contributed by atoms with E-state index >= 15 is 0 Å². The molecule has 1 N–H and O–H groups in total. The number of rotatable bonds is 5. The van der Waals surface area contributed by atoms with Gasteiger partial charge < -0.3 is 9.80 Å². The van der Waals surface area contributed by atoms with Gasteiger partial charge in [0.25, 0.3) is 0 Å². The third kappa shape index (κ3) is 4.56. The van der Waals surface area contributed by atoms with E-state index in [1.54, 1.807) is 0 Å². The Bertz CT molecular complexity index is 479. The first-order valence-corrected chi connectivity index (χ1v) is 9.21. The number of carbonyl (C=O) groups is 1. The Labute approximate surface area is 139 Å². The average Bonchev–Trinajstić information content (AvgIpc) is 3.09. The van der Waals surface area contributed by atoms with Gasteiger partial charge in [-0.15, -0.1) is 0 Å². The van der Waals surface area contributed by atoms with E-state index in [4.69, 9.17) is 0 Å². The van der Waals surface area contributed by atoms with Crippen molar-refractivity contribution in [3.63, 3.8) is 0 Å². The molecule has 1 aromatic rings. The zero-order valence-electron chi connectivity index (χ0n) is 14.3. The third-order valence-corrected chi connectivity index (χ3v) is 5.44. The van der Waals surface area contributed by atoms with Crippen molar-refractivity contribution < 1.29 is 4.79 Å². The van der Waals surface area contributed by atoms with Gasteiger partial charge in [0.2, 0.25) is 5.91 Å². The number of piperidine rings is 2. The Morgan fingerprint density at radius 1 is 1.30 bits per heavy atom. The van der Waals surface area contributed by atoms with E-state index in [-0.39, 0.29) is 5.92 Å². The highest BCUT2D eigenvalue weighted by Crippen LogP contribution is 2.23. The summed E-state index contributed by atoms with van der Waals surface area (Å²) in [6, 6.07) is 0. The van der Waals surface area contributed by atoms with Crippen LogP contribution < -0.4 is 0 Å². The molecule has 0 bridgehead atoms. The first-order valence-electron chi connectivity index (χ1n) is 9.21. The van der Waals surface area contributed by atoms with Gasteiger partial charge in [-0.3, -0.25) is 9.89 Å². The summed E-state index contributed by atoms with van der Waals surface area (Å²) in [7, 11) is 0. The largest absolute Gasteiger partial charge is 0.342 e. The summed E-state index contributed by atoms with van der Waals surface area (Å²) < 4.78 is 0. The van der Waals surface area contributed by atoms with Gasteiger partial charge in [-0.25, -0.2) is 0 Å². The van der Waals surface area contributed by atoms with Crippen LogP contribution in [0.5, 0.6) is 0 Å². The lowest BCUT2D eigenvalue weighted by Gasteiger charge is -2.37. The van der Waals surface area contributed by atoms with Crippen molar-refractivity contribution >= 4 is 5.91 Å². The van der Waals surface area contributed by atoms with Crippen molar-refractivity contribution in [1.29, 1.82) is 0 Å². The van der Waals surface area contributed by atoms with E-state index < -0.39 is 0 Å². The fourth-order valence-corrected chi connectivity index (χ4v) is 3.87. The van der Waals surface area contributed by atoms with Crippen molar-refractivity contribution in [2.45, 2.75) is 45.4 Å². The van der Waals surface area contributed by atoms with E-state index in [0.29, 0.717) is 5.91 Å². The van der Waals surface area contributed by atoms with Crippen molar-refractivity contribution in [3.8, 4) is 0 Å². The molecule has 0 aliphatic carbocycles. The maximum Gasteiger partial charge on any atom is 0.226 e. The van der Waals surface area contributed by atoms with Gasteiger partial charge in [0.1, 0.15) is 0 Å². The zero-order valence-corrected chi connectivity index (χ0v) is 14.3. The van der Waals surface area contributed by atoms with Crippen LogP contribution in [0.25, 0.3) is 0 Å². The quantitative estimate of drug-likeness (QED) is 0.906. The molecule has 2 aliphatic heterocycles. The van der Waals surface area contributed by atoms with E-state index in [9.17, 15) is 4.79 Å². The van der Waals surface area contributed by atoms with Crippen LogP contribution in [0.4, 0.5) is 0 Å². The maximum absolute atomic E-state index is 12.8. The number of H-pyrrole nitrogens is 1.